The van der Waals surface area contributed by atoms with E-state index in [0.717, 1.165) is 9.26 Å². The fraction of sp³-hybridized carbons (Fsp3) is 0.429. The van der Waals surface area contributed by atoms with Gasteiger partial charge in [-0.15, -0.1) is 0 Å². The van der Waals surface area contributed by atoms with Crippen molar-refractivity contribution in [2.45, 2.75) is 32.9 Å². The van der Waals surface area contributed by atoms with Crippen LogP contribution in [0.1, 0.15) is 20.8 Å². The van der Waals surface area contributed by atoms with Gasteiger partial charge in [-0.05, 0) is 53.6 Å². The SMILES string of the molecule is CC(C)C1NC(=O)C(C)N(c2ccc(Cl)cc2I)C1=O. The Kier molecular flexibility index (Phi) is 4.59. The average molecular weight is 407 g/mol. The lowest BCUT2D eigenvalue weighted by atomic mass is 9.98. The van der Waals surface area contributed by atoms with Crippen LogP contribution in [-0.2, 0) is 9.59 Å². The molecule has 1 fully saturated rings. The molecule has 2 unspecified atom stereocenters. The maximum atomic E-state index is 12.6. The summed E-state index contributed by atoms with van der Waals surface area (Å²) in [7, 11) is 0. The van der Waals surface area contributed by atoms with Crippen LogP contribution < -0.4 is 10.2 Å². The number of hydrogen-bond acceptors (Lipinski definition) is 2. The van der Waals surface area contributed by atoms with Crippen molar-refractivity contribution in [1.29, 1.82) is 0 Å². The lowest BCUT2D eigenvalue weighted by molar-refractivity contribution is -0.134. The van der Waals surface area contributed by atoms with Crippen LogP contribution in [0.2, 0.25) is 5.02 Å². The minimum atomic E-state index is -0.521. The van der Waals surface area contributed by atoms with Crippen molar-refractivity contribution in [2.75, 3.05) is 4.90 Å². The molecular formula is C14H16ClIN2O2. The smallest absolute Gasteiger partial charge is 0.250 e. The quantitative estimate of drug-likeness (QED) is 0.768. The zero-order valence-electron chi connectivity index (χ0n) is 11.5. The summed E-state index contributed by atoms with van der Waals surface area (Å²) in [5.74, 6) is -0.159. The number of benzene rings is 1. The molecule has 0 radical (unpaired) electrons. The highest BCUT2D eigenvalue weighted by molar-refractivity contribution is 14.1. The van der Waals surface area contributed by atoms with E-state index in [1.54, 1.807) is 30.0 Å². The first-order valence-corrected chi connectivity index (χ1v) is 7.87. The maximum absolute atomic E-state index is 12.6. The van der Waals surface area contributed by atoms with Crippen LogP contribution in [0, 0.1) is 9.49 Å². The van der Waals surface area contributed by atoms with Crippen LogP contribution in [-0.4, -0.2) is 23.9 Å². The van der Waals surface area contributed by atoms with Gasteiger partial charge in [-0.2, -0.15) is 0 Å². The first-order valence-electron chi connectivity index (χ1n) is 6.41. The topological polar surface area (TPSA) is 49.4 Å². The van der Waals surface area contributed by atoms with Gasteiger partial charge in [0.25, 0.3) is 5.91 Å². The maximum Gasteiger partial charge on any atom is 0.250 e. The molecule has 0 bridgehead atoms. The van der Waals surface area contributed by atoms with Gasteiger partial charge in [0.1, 0.15) is 12.1 Å². The predicted octanol–water partition coefficient (Wildman–Crippen LogP) is 2.82. The Balaban J connectivity index is 2.46. The third-order valence-corrected chi connectivity index (χ3v) is 4.50. The minimum Gasteiger partial charge on any atom is -0.342 e. The van der Waals surface area contributed by atoms with Crippen LogP contribution in [0.3, 0.4) is 0 Å². The summed E-state index contributed by atoms with van der Waals surface area (Å²) in [6.07, 6.45) is 0. The van der Waals surface area contributed by atoms with Crippen LogP contribution in [0.4, 0.5) is 5.69 Å². The van der Waals surface area contributed by atoms with Gasteiger partial charge in [-0.25, -0.2) is 0 Å². The lowest BCUT2D eigenvalue weighted by Crippen LogP contribution is -2.64. The number of carbonyl (C=O) groups excluding carboxylic acids is 2. The molecule has 0 saturated carbocycles. The number of rotatable bonds is 2. The van der Waals surface area contributed by atoms with Crippen molar-refractivity contribution >= 4 is 51.7 Å². The molecule has 108 valence electrons. The summed E-state index contributed by atoms with van der Waals surface area (Å²) >= 11 is 8.08. The van der Waals surface area contributed by atoms with Crippen molar-refractivity contribution in [3.63, 3.8) is 0 Å². The van der Waals surface area contributed by atoms with Gasteiger partial charge in [0.15, 0.2) is 0 Å². The Hall–Kier alpha value is -0.820. The molecule has 1 heterocycles. The molecule has 6 heteroatoms. The Morgan fingerprint density at radius 2 is 2.00 bits per heavy atom. The Morgan fingerprint density at radius 3 is 2.55 bits per heavy atom. The number of nitrogens with zero attached hydrogens (tertiary/aromatic N) is 1. The Bertz CT molecular complexity index is 562. The van der Waals surface area contributed by atoms with Crippen LogP contribution in [0.25, 0.3) is 0 Å². The van der Waals surface area contributed by atoms with E-state index in [0.29, 0.717) is 5.02 Å². The molecule has 0 aromatic heterocycles. The summed E-state index contributed by atoms with van der Waals surface area (Å²) in [5.41, 5.74) is 0.730. The molecule has 1 saturated heterocycles. The molecular weight excluding hydrogens is 391 g/mol. The third kappa shape index (κ3) is 2.79. The van der Waals surface area contributed by atoms with Gasteiger partial charge >= 0.3 is 0 Å². The van der Waals surface area contributed by atoms with Crippen molar-refractivity contribution < 1.29 is 9.59 Å². The summed E-state index contributed by atoms with van der Waals surface area (Å²) < 4.78 is 0.854. The van der Waals surface area contributed by atoms with E-state index in [1.807, 2.05) is 13.8 Å². The fourth-order valence-electron chi connectivity index (χ4n) is 2.25. The van der Waals surface area contributed by atoms with Gasteiger partial charge in [0.2, 0.25) is 5.91 Å². The van der Waals surface area contributed by atoms with E-state index in [-0.39, 0.29) is 17.7 Å². The number of halogens is 2. The zero-order valence-corrected chi connectivity index (χ0v) is 14.4. The molecule has 0 aliphatic carbocycles. The van der Waals surface area contributed by atoms with E-state index in [9.17, 15) is 9.59 Å². The molecule has 1 aromatic rings. The van der Waals surface area contributed by atoms with E-state index < -0.39 is 12.1 Å². The molecule has 20 heavy (non-hydrogen) atoms. The molecule has 0 spiro atoms. The van der Waals surface area contributed by atoms with E-state index in [1.165, 1.54) is 0 Å². The van der Waals surface area contributed by atoms with Crippen molar-refractivity contribution in [2.24, 2.45) is 5.92 Å². The van der Waals surface area contributed by atoms with Gasteiger partial charge < -0.3 is 5.32 Å². The highest BCUT2D eigenvalue weighted by Crippen LogP contribution is 2.30. The van der Waals surface area contributed by atoms with Gasteiger partial charge in [-0.1, -0.05) is 25.4 Å². The average Bonchev–Trinajstić information content (AvgIpc) is 2.36. The molecule has 1 aliphatic rings. The minimum absolute atomic E-state index is 0.0476. The largest absolute Gasteiger partial charge is 0.342 e. The number of anilines is 1. The molecule has 1 N–H and O–H groups in total. The molecule has 1 aliphatic heterocycles. The van der Waals surface area contributed by atoms with E-state index >= 15 is 0 Å². The zero-order chi connectivity index (χ0) is 15.0. The van der Waals surface area contributed by atoms with Crippen LogP contribution in [0.15, 0.2) is 18.2 Å². The Morgan fingerprint density at radius 1 is 1.35 bits per heavy atom. The number of piperazine rings is 1. The number of amides is 2. The highest BCUT2D eigenvalue weighted by atomic mass is 127. The molecule has 4 nitrogen and oxygen atoms in total. The molecule has 2 atom stereocenters. The fourth-order valence-corrected chi connectivity index (χ4v) is 3.38. The summed E-state index contributed by atoms with van der Waals surface area (Å²) in [5, 5.41) is 3.40. The first kappa shape index (κ1) is 15.6. The molecule has 2 amide bonds. The number of carbonyl (C=O) groups is 2. The highest BCUT2D eigenvalue weighted by Gasteiger charge is 2.40. The third-order valence-electron chi connectivity index (χ3n) is 3.40. The van der Waals surface area contributed by atoms with E-state index in [2.05, 4.69) is 27.9 Å². The van der Waals surface area contributed by atoms with Crippen molar-refractivity contribution in [1.82, 2.24) is 5.32 Å². The molecule has 1 aromatic carbocycles. The standard InChI is InChI=1S/C14H16ClIN2O2/c1-7(2)12-14(20)18(8(3)13(19)17-12)11-5-4-9(15)6-10(11)16/h4-8,12H,1-3H3,(H,17,19). The normalized spacial score (nSPS) is 23.2. The Labute approximate surface area is 137 Å². The van der Waals surface area contributed by atoms with E-state index in [4.69, 9.17) is 11.6 Å². The summed E-state index contributed by atoms with van der Waals surface area (Å²) in [4.78, 5) is 26.3. The number of hydrogen-bond donors (Lipinski definition) is 1. The lowest BCUT2D eigenvalue weighted by Gasteiger charge is -2.39. The van der Waals surface area contributed by atoms with Crippen molar-refractivity contribution in [3.05, 3.63) is 26.8 Å². The van der Waals surface area contributed by atoms with Gasteiger partial charge in [0.05, 0.1) is 5.69 Å². The van der Waals surface area contributed by atoms with Crippen molar-refractivity contribution in [3.8, 4) is 0 Å². The summed E-state index contributed by atoms with van der Waals surface area (Å²) in [6.45, 7) is 5.57. The second-order valence-electron chi connectivity index (χ2n) is 5.21. The monoisotopic (exact) mass is 406 g/mol. The number of nitrogens with one attached hydrogen (secondary N) is 1. The van der Waals surface area contributed by atoms with Gasteiger partial charge in [0, 0.05) is 8.59 Å². The second kappa shape index (κ2) is 5.89. The predicted molar refractivity (Wildman–Crippen MR) is 87.9 cm³/mol. The van der Waals surface area contributed by atoms with Crippen LogP contribution >= 0.6 is 34.2 Å². The van der Waals surface area contributed by atoms with Crippen LogP contribution in [0.5, 0.6) is 0 Å². The summed E-state index contributed by atoms with van der Waals surface area (Å²) in [6, 6.07) is 4.30. The first-order chi connectivity index (χ1) is 9.32. The second-order valence-corrected chi connectivity index (χ2v) is 6.81. The van der Waals surface area contributed by atoms with Gasteiger partial charge in [-0.3, -0.25) is 14.5 Å². The molecule has 2 rings (SSSR count).